The fourth-order valence-corrected chi connectivity index (χ4v) is 4.97. The molecule has 0 radical (unpaired) electrons. The van der Waals surface area contributed by atoms with Gasteiger partial charge in [0, 0.05) is 26.1 Å². The van der Waals surface area contributed by atoms with Gasteiger partial charge in [-0.3, -0.25) is 29.6 Å². The number of piperidine rings is 2. The molecular weight excluding hydrogens is 458 g/mol. The van der Waals surface area contributed by atoms with Crippen LogP contribution in [0.5, 0.6) is 0 Å². The van der Waals surface area contributed by atoms with Crippen molar-refractivity contribution in [2.45, 2.75) is 64.3 Å². The number of carbonyl (C=O) groups is 3. The van der Waals surface area contributed by atoms with Crippen LogP contribution in [0.1, 0.15) is 72.4 Å². The van der Waals surface area contributed by atoms with Crippen LogP contribution in [-0.4, -0.2) is 56.7 Å². The lowest BCUT2D eigenvalue weighted by Crippen LogP contribution is -2.52. The predicted octanol–water partition coefficient (Wildman–Crippen LogP) is 2.22. The highest BCUT2D eigenvalue weighted by molar-refractivity contribution is 6.05. The molecule has 2 aromatic rings. The summed E-state index contributed by atoms with van der Waals surface area (Å²) in [5.41, 5.74) is 2.21. The van der Waals surface area contributed by atoms with Crippen LogP contribution >= 0.6 is 0 Å². The molecule has 0 spiro atoms. The summed E-state index contributed by atoms with van der Waals surface area (Å²) in [6.45, 7) is 6.32. The van der Waals surface area contributed by atoms with Crippen molar-refractivity contribution in [3.05, 3.63) is 64.5 Å². The van der Waals surface area contributed by atoms with Crippen molar-refractivity contribution in [2.75, 3.05) is 13.1 Å². The molecule has 1 atom stereocenters. The number of carbonyl (C=O) groups excluding carboxylic acids is 3. The van der Waals surface area contributed by atoms with Crippen LogP contribution in [-0.2, 0) is 28.3 Å². The summed E-state index contributed by atoms with van der Waals surface area (Å²) in [4.78, 5) is 45.0. The Hall–Kier alpha value is -3.61. The highest BCUT2D eigenvalue weighted by atomic mass is 16.3. The standard InChI is InChI=1S/C25H25N5O4.C2H6/c26-13-16-1-3-17(4-2-16)14-29-11-9-25(34,10-12-29)21-7-5-18-19(27-21)15-30(24(18)33)20-6-8-22(31)28-23(20)32;1-2/h1-5,7,20,34H,6,8-12,14-15H2,(H,28,31,32);1-2H3/t20-;/m0./s1. The summed E-state index contributed by atoms with van der Waals surface area (Å²) < 4.78 is 0. The normalized spacial score (nSPS) is 21.2. The van der Waals surface area contributed by atoms with E-state index >= 15 is 0 Å². The molecule has 5 rings (SSSR count). The molecule has 3 aliphatic rings. The molecule has 36 heavy (non-hydrogen) atoms. The Labute approximate surface area is 210 Å². The van der Waals surface area contributed by atoms with Gasteiger partial charge in [0.05, 0.1) is 35.1 Å². The number of hydrogen-bond acceptors (Lipinski definition) is 7. The molecule has 0 unspecified atom stereocenters. The summed E-state index contributed by atoms with van der Waals surface area (Å²) in [7, 11) is 0. The van der Waals surface area contributed by atoms with Gasteiger partial charge in [-0.15, -0.1) is 0 Å². The fraction of sp³-hybridized carbons (Fsp3) is 0.444. The molecule has 0 saturated carbocycles. The van der Waals surface area contributed by atoms with Crippen LogP contribution in [0.2, 0.25) is 0 Å². The minimum atomic E-state index is -1.08. The quantitative estimate of drug-likeness (QED) is 0.631. The van der Waals surface area contributed by atoms with E-state index in [1.54, 1.807) is 12.1 Å². The number of imide groups is 1. The molecule has 2 N–H and O–H groups in total. The number of aromatic nitrogens is 1. The first-order valence-corrected chi connectivity index (χ1v) is 12.5. The zero-order valence-corrected chi connectivity index (χ0v) is 20.7. The minimum Gasteiger partial charge on any atom is -0.383 e. The third-order valence-corrected chi connectivity index (χ3v) is 7.02. The van der Waals surface area contributed by atoms with E-state index in [0.29, 0.717) is 54.9 Å². The average Bonchev–Trinajstić information content (AvgIpc) is 3.22. The van der Waals surface area contributed by atoms with Crippen molar-refractivity contribution >= 4 is 17.7 Å². The monoisotopic (exact) mass is 489 g/mol. The molecule has 2 fully saturated rings. The van der Waals surface area contributed by atoms with Gasteiger partial charge in [-0.25, -0.2) is 0 Å². The zero-order valence-electron chi connectivity index (χ0n) is 20.7. The molecule has 188 valence electrons. The van der Waals surface area contributed by atoms with Crippen LogP contribution in [0.25, 0.3) is 0 Å². The smallest absolute Gasteiger partial charge is 0.256 e. The molecule has 0 bridgehead atoms. The zero-order chi connectivity index (χ0) is 25.9. The van der Waals surface area contributed by atoms with Gasteiger partial charge in [0.2, 0.25) is 11.8 Å². The number of nitrogens with one attached hydrogen (secondary N) is 1. The number of hydrogen-bond donors (Lipinski definition) is 2. The van der Waals surface area contributed by atoms with Crippen molar-refractivity contribution in [1.29, 1.82) is 5.26 Å². The fourth-order valence-electron chi connectivity index (χ4n) is 4.97. The number of benzene rings is 1. The summed E-state index contributed by atoms with van der Waals surface area (Å²) in [5, 5.41) is 22.6. The lowest BCUT2D eigenvalue weighted by Gasteiger charge is -2.38. The van der Waals surface area contributed by atoms with E-state index in [2.05, 4.69) is 21.3 Å². The molecule has 4 heterocycles. The first kappa shape index (κ1) is 25.5. The van der Waals surface area contributed by atoms with Crippen LogP contribution in [0.3, 0.4) is 0 Å². The third-order valence-electron chi connectivity index (χ3n) is 7.02. The SMILES string of the molecule is CC.N#Cc1ccc(CN2CCC(O)(c3ccc4c(n3)CN([C@H]3CCC(=O)NC3=O)C4=O)CC2)cc1. The third kappa shape index (κ3) is 5.01. The topological polar surface area (TPSA) is 127 Å². The van der Waals surface area contributed by atoms with Crippen LogP contribution in [0.15, 0.2) is 36.4 Å². The highest BCUT2D eigenvalue weighted by Gasteiger charge is 2.41. The first-order chi connectivity index (χ1) is 17.4. The van der Waals surface area contributed by atoms with E-state index in [9.17, 15) is 19.5 Å². The lowest BCUT2D eigenvalue weighted by molar-refractivity contribution is -0.136. The van der Waals surface area contributed by atoms with E-state index in [4.69, 9.17) is 5.26 Å². The second-order valence-electron chi connectivity index (χ2n) is 9.21. The Kier molecular flexibility index (Phi) is 7.48. The van der Waals surface area contributed by atoms with Gasteiger partial charge in [-0.2, -0.15) is 5.26 Å². The maximum absolute atomic E-state index is 12.9. The number of aliphatic hydroxyl groups is 1. The Morgan fingerprint density at radius 3 is 2.44 bits per heavy atom. The van der Waals surface area contributed by atoms with Gasteiger partial charge < -0.3 is 10.0 Å². The van der Waals surface area contributed by atoms with Gasteiger partial charge >= 0.3 is 0 Å². The maximum Gasteiger partial charge on any atom is 0.256 e. The van der Waals surface area contributed by atoms with E-state index < -0.39 is 17.6 Å². The number of likely N-dealkylation sites (tertiary alicyclic amines) is 1. The number of rotatable bonds is 4. The highest BCUT2D eigenvalue weighted by Crippen LogP contribution is 2.34. The van der Waals surface area contributed by atoms with E-state index in [1.165, 1.54) is 4.90 Å². The van der Waals surface area contributed by atoms with E-state index in [0.717, 1.165) is 12.1 Å². The Balaban J connectivity index is 0.00000148. The van der Waals surface area contributed by atoms with Gasteiger partial charge in [0.1, 0.15) is 11.6 Å². The van der Waals surface area contributed by atoms with Gasteiger partial charge in [0.15, 0.2) is 0 Å². The van der Waals surface area contributed by atoms with E-state index in [-0.39, 0.29) is 24.8 Å². The lowest BCUT2D eigenvalue weighted by atomic mass is 9.87. The number of nitrogens with zero attached hydrogens (tertiary/aromatic N) is 4. The van der Waals surface area contributed by atoms with Crippen molar-refractivity contribution in [3.63, 3.8) is 0 Å². The molecule has 9 nitrogen and oxygen atoms in total. The number of fused-ring (bicyclic) bond motifs is 1. The van der Waals surface area contributed by atoms with Crippen molar-refractivity contribution in [2.24, 2.45) is 0 Å². The molecule has 1 aromatic carbocycles. The van der Waals surface area contributed by atoms with Crippen molar-refractivity contribution < 1.29 is 19.5 Å². The van der Waals surface area contributed by atoms with Gasteiger partial charge in [-0.1, -0.05) is 26.0 Å². The van der Waals surface area contributed by atoms with Gasteiger partial charge in [0.25, 0.3) is 5.91 Å². The van der Waals surface area contributed by atoms with Crippen molar-refractivity contribution in [1.82, 2.24) is 20.1 Å². The molecule has 3 amide bonds. The second-order valence-corrected chi connectivity index (χ2v) is 9.21. The molecule has 3 aliphatic heterocycles. The number of pyridine rings is 1. The van der Waals surface area contributed by atoms with E-state index in [1.807, 2.05) is 38.1 Å². The molecule has 2 saturated heterocycles. The summed E-state index contributed by atoms with van der Waals surface area (Å²) in [6, 6.07) is 12.4. The molecular formula is C27H31N5O4. The predicted molar refractivity (Wildman–Crippen MR) is 131 cm³/mol. The van der Waals surface area contributed by atoms with Crippen molar-refractivity contribution in [3.8, 4) is 6.07 Å². The summed E-state index contributed by atoms with van der Waals surface area (Å²) in [5.74, 6) is -1.04. The Morgan fingerprint density at radius 2 is 1.81 bits per heavy atom. The largest absolute Gasteiger partial charge is 0.383 e. The Bertz CT molecular complexity index is 1200. The molecule has 9 heteroatoms. The summed E-state index contributed by atoms with van der Waals surface area (Å²) in [6.07, 6.45) is 1.53. The number of nitriles is 1. The molecule has 0 aliphatic carbocycles. The number of amides is 3. The summed E-state index contributed by atoms with van der Waals surface area (Å²) >= 11 is 0. The van der Waals surface area contributed by atoms with Crippen LogP contribution < -0.4 is 5.32 Å². The van der Waals surface area contributed by atoms with Gasteiger partial charge in [-0.05, 0) is 49.1 Å². The average molecular weight is 490 g/mol. The Morgan fingerprint density at radius 1 is 1.11 bits per heavy atom. The second kappa shape index (κ2) is 10.6. The van der Waals surface area contributed by atoms with Crippen LogP contribution in [0.4, 0.5) is 0 Å². The van der Waals surface area contributed by atoms with Crippen LogP contribution in [0, 0.1) is 11.3 Å². The minimum absolute atomic E-state index is 0.190. The maximum atomic E-state index is 12.9. The first-order valence-electron chi connectivity index (χ1n) is 12.5. The molecule has 1 aromatic heterocycles.